The summed E-state index contributed by atoms with van der Waals surface area (Å²) in [5.41, 5.74) is -0.104. The van der Waals surface area contributed by atoms with Crippen molar-refractivity contribution in [2.75, 3.05) is 6.61 Å². The molecule has 0 aromatic rings. The van der Waals surface area contributed by atoms with Gasteiger partial charge >= 0.3 is 12.0 Å². The molecule has 2 atom stereocenters. The minimum atomic E-state index is -1.15. The van der Waals surface area contributed by atoms with Crippen molar-refractivity contribution >= 4 is 12.0 Å². The third-order valence-electron chi connectivity index (χ3n) is 2.67. The van der Waals surface area contributed by atoms with Crippen LogP contribution in [0, 0.1) is 5.41 Å². The van der Waals surface area contributed by atoms with Gasteiger partial charge in [0, 0.05) is 19.1 Å². The molecule has 0 aliphatic rings. The maximum atomic E-state index is 11.5. The lowest BCUT2D eigenvalue weighted by Crippen LogP contribution is -2.51. The van der Waals surface area contributed by atoms with Crippen molar-refractivity contribution < 1.29 is 19.8 Å². The Labute approximate surface area is 101 Å². The number of nitrogens with one attached hydrogen (secondary N) is 2. The maximum absolute atomic E-state index is 11.5. The van der Waals surface area contributed by atoms with Gasteiger partial charge < -0.3 is 20.8 Å². The molecule has 0 radical (unpaired) electrons. The Balaban J connectivity index is 4.29. The van der Waals surface area contributed by atoms with Gasteiger partial charge in [-0.15, -0.1) is 0 Å². The third-order valence-corrected chi connectivity index (χ3v) is 2.67. The van der Waals surface area contributed by atoms with Crippen molar-refractivity contribution in [3.63, 3.8) is 0 Å². The van der Waals surface area contributed by atoms with Gasteiger partial charge in [0.1, 0.15) is 6.04 Å². The maximum Gasteiger partial charge on any atom is 0.326 e. The predicted octanol–water partition coefficient (Wildman–Crippen LogP) is 0.556. The number of aliphatic hydroxyl groups is 1. The first-order valence-corrected chi connectivity index (χ1v) is 5.59. The number of carbonyl (C=O) groups is 2. The summed E-state index contributed by atoms with van der Waals surface area (Å²) >= 11 is 0. The van der Waals surface area contributed by atoms with Crippen LogP contribution >= 0.6 is 0 Å². The number of aliphatic hydroxyl groups excluding tert-OH is 1. The number of carbonyl (C=O) groups excluding carboxylic acids is 1. The highest BCUT2D eigenvalue weighted by Gasteiger charge is 2.24. The zero-order valence-electron chi connectivity index (χ0n) is 10.8. The summed E-state index contributed by atoms with van der Waals surface area (Å²) < 4.78 is 0. The highest BCUT2D eigenvalue weighted by atomic mass is 16.4. The molecule has 6 heteroatoms. The van der Waals surface area contributed by atoms with Gasteiger partial charge in [-0.05, 0) is 12.3 Å². The molecule has 0 fully saturated rings. The standard InChI is InChI=1S/C11H22N2O4/c1-7(11(2,3)4)12-10(17)13-8(5-6-14)9(15)16/h7-8,14H,5-6H2,1-4H3,(H,15,16)(H2,12,13,17)/t7?,8-/m0/s1. The minimum absolute atomic E-state index is 0.00729. The fourth-order valence-corrected chi connectivity index (χ4v) is 1.000. The third kappa shape index (κ3) is 6.11. The van der Waals surface area contributed by atoms with Gasteiger partial charge in [0.15, 0.2) is 0 Å². The molecule has 0 aliphatic heterocycles. The Morgan fingerprint density at radius 1 is 1.24 bits per heavy atom. The van der Waals surface area contributed by atoms with Crippen LogP contribution in [0.25, 0.3) is 0 Å². The van der Waals surface area contributed by atoms with Crippen LogP contribution in [0.1, 0.15) is 34.1 Å². The number of hydrogen-bond donors (Lipinski definition) is 4. The number of rotatable bonds is 5. The summed E-state index contributed by atoms with van der Waals surface area (Å²) in [6.45, 7) is 7.48. The molecule has 4 N–H and O–H groups in total. The van der Waals surface area contributed by atoms with Crippen molar-refractivity contribution in [2.45, 2.75) is 46.2 Å². The summed E-state index contributed by atoms with van der Waals surface area (Å²) in [4.78, 5) is 22.3. The molecule has 0 aromatic carbocycles. The first kappa shape index (κ1) is 15.7. The number of aliphatic carboxylic acids is 1. The van der Waals surface area contributed by atoms with Crippen LogP contribution in [0.4, 0.5) is 4.79 Å². The second-order valence-corrected chi connectivity index (χ2v) is 5.11. The number of carboxylic acids is 1. The van der Waals surface area contributed by atoms with E-state index in [1.165, 1.54) is 0 Å². The van der Waals surface area contributed by atoms with Crippen LogP contribution in [-0.2, 0) is 4.79 Å². The molecule has 2 amide bonds. The molecule has 100 valence electrons. The van der Waals surface area contributed by atoms with E-state index in [4.69, 9.17) is 10.2 Å². The average Bonchev–Trinajstić information content (AvgIpc) is 2.15. The van der Waals surface area contributed by atoms with Gasteiger partial charge in [-0.1, -0.05) is 20.8 Å². The number of amides is 2. The molecule has 17 heavy (non-hydrogen) atoms. The van der Waals surface area contributed by atoms with E-state index in [1.807, 2.05) is 27.7 Å². The van der Waals surface area contributed by atoms with E-state index in [9.17, 15) is 9.59 Å². The van der Waals surface area contributed by atoms with E-state index < -0.39 is 18.0 Å². The van der Waals surface area contributed by atoms with Crippen LogP contribution < -0.4 is 10.6 Å². The second-order valence-electron chi connectivity index (χ2n) is 5.11. The zero-order chi connectivity index (χ0) is 13.6. The van der Waals surface area contributed by atoms with Crippen LogP contribution in [0.3, 0.4) is 0 Å². The van der Waals surface area contributed by atoms with Gasteiger partial charge in [0.25, 0.3) is 0 Å². The topological polar surface area (TPSA) is 98.7 Å². The lowest BCUT2D eigenvalue weighted by atomic mass is 9.88. The van der Waals surface area contributed by atoms with E-state index in [-0.39, 0.29) is 24.5 Å². The van der Waals surface area contributed by atoms with Crippen molar-refractivity contribution in [3.8, 4) is 0 Å². The Hall–Kier alpha value is -1.30. The molecule has 0 spiro atoms. The minimum Gasteiger partial charge on any atom is -0.480 e. The molecule has 0 saturated heterocycles. The van der Waals surface area contributed by atoms with E-state index >= 15 is 0 Å². The first-order valence-electron chi connectivity index (χ1n) is 5.59. The fraction of sp³-hybridized carbons (Fsp3) is 0.818. The molecule has 0 bridgehead atoms. The summed E-state index contributed by atoms with van der Waals surface area (Å²) in [7, 11) is 0. The quantitative estimate of drug-likeness (QED) is 0.569. The lowest BCUT2D eigenvalue weighted by Gasteiger charge is -2.28. The van der Waals surface area contributed by atoms with Gasteiger partial charge in [-0.25, -0.2) is 9.59 Å². The van der Waals surface area contributed by atoms with E-state index in [0.29, 0.717) is 0 Å². The SMILES string of the molecule is CC(NC(=O)N[C@@H](CCO)C(=O)O)C(C)(C)C. The summed E-state index contributed by atoms with van der Waals surface area (Å²) in [6, 6.07) is -1.69. The number of carboxylic acid groups (broad SMARTS) is 1. The van der Waals surface area contributed by atoms with Gasteiger partial charge in [-0.3, -0.25) is 0 Å². The van der Waals surface area contributed by atoms with E-state index in [2.05, 4.69) is 10.6 Å². The normalized spacial score (nSPS) is 14.9. The second kappa shape index (κ2) is 6.44. The fourth-order valence-electron chi connectivity index (χ4n) is 1.000. The first-order chi connectivity index (χ1) is 7.68. The van der Waals surface area contributed by atoms with Gasteiger partial charge in [0.2, 0.25) is 0 Å². The van der Waals surface area contributed by atoms with Crippen molar-refractivity contribution in [3.05, 3.63) is 0 Å². The zero-order valence-corrected chi connectivity index (χ0v) is 10.8. The van der Waals surface area contributed by atoms with Gasteiger partial charge in [0.05, 0.1) is 0 Å². The molecular weight excluding hydrogens is 224 g/mol. The predicted molar refractivity (Wildman–Crippen MR) is 63.7 cm³/mol. The molecule has 6 nitrogen and oxygen atoms in total. The molecule has 0 aliphatic carbocycles. The van der Waals surface area contributed by atoms with Crippen LogP contribution in [-0.4, -0.2) is 40.9 Å². The van der Waals surface area contributed by atoms with Crippen LogP contribution in [0.2, 0.25) is 0 Å². The largest absolute Gasteiger partial charge is 0.480 e. The van der Waals surface area contributed by atoms with Crippen LogP contribution in [0.15, 0.2) is 0 Å². The van der Waals surface area contributed by atoms with E-state index in [1.54, 1.807) is 0 Å². The Morgan fingerprint density at radius 2 is 1.76 bits per heavy atom. The summed E-state index contributed by atoms with van der Waals surface area (Å²) in [6.07, 6.45) is -0.00729. The van der Waals surface area contributed by atoms with Crippen molar-refractivity contribution in [1.29, 1.82) is 0 Å². The summed E-state index contributed by atoms with van der Waals surface area (Å²) in [5, 5.41) is 22.4. The molecule has 1 unspecified atom stereocenters. The Morgan fingerprint density at radius 3 is 2.12 bits per heavy atom. The van der Waals surface area contributed by atoms with Crippen LogP contribution in [0.5, 0.6) is 0 Å². The molecule has 0 aromatic heterocycles. The Bertz CT molecular complexity index is 273. The lowest BCUT2D eigenvalue weighted by molar-refractivity contribution is -0.139. The molecular formula is C11H22N2O4. The smallest absolute Gasteiger partial charge is 0.326 e. The number of hydrogen-bond acceptors (Lipinski definition) is 3. The highest BCUT2D eigenvalue weighted by molar-refractivity contribution is 5.82. The average molecular weight is 246 g/mol. The molecule has 0 rings (SSSR count). The van der Waals surface area contributed by atoms with E-state index in [0.717, 1.165) is 0 Å². The van der Waals surface area contributed by atoms with Crippen molar-refractivity contribution in [2.24, 2.45) is 5.41 Å². The molecule has 0 saturated carbocycles. The monoisotopic (exact) mass is 246 g/mol. The van der Waals surface area contributed by atoms with Crippen molar-refractivity contribution in [1.82, 2.24) is 10.6 Å². The highest BCUT2D eigenvalue weighted by Crippen LogP contribution is 2.18. The van der Waals surface area contributed by atoms with Gasteiger partial charge in [-0.2, -0.15) is 0 Å². The number of urea groups is 1. The summed E-state index contributed by atoms with van der Waals surface area (Å²) in [5.74, 6) is -1.15. The Kier molecular flexibility index (Phi) is 5.95. The molecule has 0 heterocycles.